The third-order valence-corrected chi connectivity index (χ3v) is 2.69. The number of aliphatic hydroxyl groups excluding tert-OH is 1. The van der Waals surface area contributed by atoms with Gasteiger partial charge in [-0.05, 0) is 25.5 Å². The van der Waals surface area contributed by atoms with Gasteiger partial charge in [0.2, 0.25) is 5.69 Å². The Hall–Kier alpha value is -2.39. The second-order valence-corrected chi connectivity index (χ2v) is 4.24. The molecule has 6 heteroatoms. The number of nitrogens with zero attached hydrogens (tertiary/aromatic N) is 4. The number of aryl methyl sites for hydroxylation is 2. The molecule has 2 aromatic rings. The molecule has 98 valence electrons. The summed E-state index contributed by atoms with van der Waals surface area (Å²) in [5, 5.41) is 29.1. The Morgan fingerprint density at radius 3 is 2.79 bits per heavy atom. The zero-order valence-corrected chi connectivity index (χ0v) is 10.9. The molecule has 2 rings (SSSR count). The third kappa shape index (κ3) is 2.72. The molecule has 1 aromatic carbocycles. The van der Waals surface area contributed by atoms with E-state index in [4.69, 9.17) is 10.4 Å². The van der Waals surface area contributed by atoms with E-state index in [2.05, 4.69) is 15.5 Å². The molecule has 0 atom stereocenters. The Bertz CT molecular complexity index is 626. The van der Waals surface area contributed by atoms with Crippen LogP contribution < -0.4 is 5.32 Å². The first-order chi connectivity index (χ1) is 9.15. The second-order valence-electron chi connectivity index (χ2n) is 4.24. The second kappa shape index (κ2) is 5.50. The van der Waals surface area contributed by atoms with Gasteiger partial charge < -0.3 is 10.4 Å². The van der Waals surface area contributed by atoms with Crippen molar-refractivity contribution in [1.82, 2.24) is 15.0 Å². The van der Waals surface area contributed by atoms with Crippen molar-refractivity contribution in [1.29, 1.82) is 5.26 Å². The summed E-state index contributed by atoms with van der Waals surface area (Å²) in [6.07, 6.45) is 0. The van der Waals surface area contributed by atoms with Gasteiger partial charge in [-0.1, -0.05) is 17.7 Å². The highest BCUT2D eigenvalue weighted by Crippen LogP contribution is 2.17. The van der Waals surface area contributed by atoms with E-state index in [0.717, 1.165) is 16.8 Å². The Kier molecular flexibility index (Phi) is 3.78. The molecule has 1 heterocycles. The summed E-state index contributed by atoms with van der Waals surface area (Å²) in [4.78, 5) is 1.44. The fourth-order valence-electron chi connectivity index (χ4n) is 1.81. The average molecular weight is 257 g/mol. The van der Waals surface area contributed by atoms with E-state index >= 15 is 0 Å². The van der Waals surface area contributed by atoms with E-state index in [-0.39, 0.29) is 12.3 Å². The van der Waals surface area contributed by atoms with Gasteiger partial charge in [-0.25, -0.2) is 0 Å². The van der Waals surface area contributed by atoms with Crippen LogP contribution in [0.3, 0.4) is 0 Å². The summed E-state index contributed by atoms with van der Waals surface area (Å²) in [5.74, 6) is 0.386. The summed E-state index contributed by atoms with van der Waals surface area (Å²) < 4.78 is 0. The average Bonchev–Trinajstić information content (AvgIpc) is 2.79. The van der Waals surface area contributed by atoms with Crippen molar-refractivity contribution in [2.24, 2.45) is 0 Å². The predicted octanol–water partition coefficient (Wildman–Crippen LogP) is 1.16. The monoisotopic (exact) mass is 257 g/mol. The fourth-order valence-corrected chi connectivity index (χ4v) is 1.81. The zero-order valence-electron chi connectivity index (χ0n) is 10.9. The molecule has 0 amide bonds. The predicted molar refractivity (Wildman–Crippen MR) is 71.1 cm³/mol. The molecule has 0 spiro atoms. The molecule has 0 bridgehead atoms. The minimum absolute atomic E-state index is 0.0265. The molecule has 0 aliphatic carbocycles. The smallest absolute Gasteiger partial charge is 0.207 e. The summed E-state index contributed by atoms with van der Waals surface area (Å²) in [6.45, 7) is 4.29. The number of nitrogens with one attached hydrogen (secondary N) is 1. The Morgan fingerprint density at radius 1 is 1.37 bits per heavy atom. The summed E-state index contributed by atoms with van der Waals surface area (Å²) >= 11 is 0. The minimum Gasteiger partial charge on any atom is -0.395 e. The molecule has 2 N–H and O–H groups in total. The number of anilines is 1. The first-order valence-corrected chi connectivity index (χ1v) is 5.95. The highest BCUT2D eigenvalue weighted by Gasteiger charge is 2.12. The number of aromatic nitrogens is 3. The van der Waals surface area contributed by atoms with Crippen molar-refractivity contribution in [2.75, 3.05) is 18.5 Å². The van der Waals surface area contributed by atoms with Gasteiger partial charge in [-0.15, -0.1) is 15.0 Å². The van der Waals surface area contributed by atoms with Gasteiger partial charge in [-0.2, -0.15) is 5.26 Å². The van der Waals surface area contributed by atoms with E-state index in [1.54, 1.807) is 0 Å². The first-order valence-electron chi connectivity index (χ1n) is 5.95. The van der Waals surface area contributed by atoms with Crippen LogP contribution in [-0.2, 0) is 0 Å². The van der Waals surface area contributed by atoms with E-state index in [9.17, 15) is 0 Å². The summed E-state index contributed by atoms with van der Waals surface area (Å²) in [5.41, 5.74) is 3.24. The molecule has 0 saturated heterocycles. The maximum Gasteiger partial charge on any atom is 0.207 e. The van der Waals surface area contributed by atoms with Crippen LogP contribution in [0.5, 0.6) is 0 Å². The van der Waals surface area contributed by atoms with Crippen molar-refractivity contribution in [2.45, 2.75) is 13.8 Å². The van der Waals surface area contributed by atoms with Gasteiger partial charge in [0.15, 0.2) is 5.82 Å². The lowest BCUT2D eigenvalue weighted by molar-refractivity contribution is 0.311. The maximum atomic E-state index is 9.02. The molecule has 0 aliphatic heterocycles. The van der Waals surface area contributed by atoms with Gasteiger partial charge in [0, 0.05) is 6.54 Å². The molecule has 0 saturated carbocycles. The first kappa shape index (κ1) is 13.1. The zero-order chi connectivity index (χ0) is 13.8. The molecule has 0 unspecified atom stereocenters. The van der Waals surface area contributed by atoms with Crippen LogP contribution in [0.4, 0.5) is 5.82 Å². The van der Waals surface area contributed by atoms with Crippen LogP contribution in [-0.4, -0.2) is 33.3 Å². The van der Waals surface area contributed by atoms with Crippen LogP contribution in [0, 0.1) is 25.2 Å². The van der Waals surface area contributed by atoms with Gasteiger partial charge in [0.1, 0.15) is 6.07 Å². The minimum atomic E-state index is -0.0265. The Labute approximate surface area is 111 Å². The van der Waals surface area contributed by atoms with Gasteiger partial charge in [-0.3, -0.25) is 0 Å². The van der Waals surface area contributed by atoms with E-state index in [0.29, 0.717) is 12.4 Å². The Morgan fingerprint density at radius 2 is 2.16 bits per heavy atom. The molecule has 6 nitrogen and oxygen atoms in total. The fraction of sp³-hybridized carbons (Fsp3) is 0.308. The van der Waals surface area contributed by atoms with Gasteiger partial charge >= 0.3 is 0 Å². The van der Waals surface area contributed by atoms with Crippen molar-refractivity contribution >= 4 is 5.82 Å². The topological polar surface area (TPSA) is 86.8 Å². The molecule has 0 fully saturated rings. The normalized spacial score (nSPS) is 10.2. The molecule has 0 aliphatic rings. The number of hydrogen-bond donors (Lipinski definition) is 2. The van der Waals surface area contributed by atoms with Crippen LogP contribution >= 0.6 is 0 Å². The number of benzene rings is 1. The van der Waals surface area contributed by atoms with Gasteiger partial charge in [0.25, 0.3) is 0 Å². The molecule has 0 radical (unpaired) electrons. The largest absolute Gasteiger partial charge is 0.395 e. The van der Waals surface area contributed by atoms with Crippen molar-refractivity contribution < 1.29 is 5.11 Å². The molecular formula is C13H15N5O. The highest BCUT2D eigenvalue weighted by molar-refractivity contribution is 5.49. The molecular weight excluding hydrogens is 242 g/mol. The van der Waals surface area contributed by atoms with Crippen LogP contribution in [0.1, 0.15) is 16.8 Å². The summed E-state index contributed by atoms with van der Waals surface area (Å²) in [6, 6.07) is 7.91. The third-order valence-electron chi connectivity index (χ3n) is 2.69. The molecule has 1 aromatic heterocycles. The van der Waals surface area contributed by atoms with E-state index < -0.39 is 0 Å². The van der Waals surface area contributed by atoms with Crippen LogP contribution in [0.25, 0.3) is 5.69 Å². The number of nitriles is 1. The van der Waals surface area contributed by atoms with Gasteiger partial charge in [0.05, 0.1) is 12.3 Å². The van der Waals surface area contributed by atoms with E-state index in [1.807, 2.05) is 38.1 Å². The lowest BCUT2D eigenvalue weighted by atomic mass is 10.1. The lowest BCUT2D eigenvalue weighted by Gasteiger charge is -2.04. The standard InChI is InChI=1S/C13H15N5O/c1-9-3-4-12(10(2)7-9)18-16-11(8-14)13(17-18)15-5-6-19/h3-4,7,19H,5-6H2,1-2H3,(H,15,17). The van der Waals surface area contributed by atoms with Crippen molar-refractivity contribution in [3.63, 3.8) is 0 Å². The number of rotatable bonds is 4. The number of aliphatic hydroxyl groups is 1. The van der Waals surface area contributed by atoms with E-state index in [1.165, 1.54) is 4.80 Å². The highest BCUT2D eigenvalue weighted by atomic mass is 16.3. The van der Waals surface area contributed by atoms with Crippen molar-refractivity contribution in [3.8, 4) is 11.8 Å². The maximum absolute atomic E-state index is 9.02. The summed E-state index contributed by atoms with van der Waals surface area (Å²) in [7, 11) is 0. The Balaban J connectivity index is 2.40. The molecule has 19 heavy (non-hydrogen) atoms. The quantitative estimate of drug-likeness (QED) is 0.858. The lowest BCUT2D eigenvalue weighted by Crippen LogP contribution is -2.07. The van der Waals surface area contributed by atoms with Crippen LogP contribution in [0.2, 0.25) is 0 Å². The van der Waals surface area contributed by atoms with Crippen LogP contribution in [0.15, 0.2) is 18.2 Å². The SMILES string of the molecule is Cc1ccc(-n2nc(C#N)c(NCCO)n2)c(C)c1. The number of hydrogen-bond acceptors (Lipinski definition) is 5. The van der Waals surface area contributed by atoms with Crippen molar-refractivity contribution in [3.05, 3.63) is 35.0 Å².